The molecule has 3 nitrogen and oxygen atoms in total. The maximum absolute atomic E-state index is 13.2. The van der Waals surface area contributed by atoms with Crippen molar-refractivity contribution < 1.29 is 4.39 Å². The summed E-state index contributed by atoms with van der Waals surface area (Å²) >= 11 is 0. The number of hydrogen-bond acceptors (Lipinski definition) is 2. The quantitative estimate of drug-likeness (QED) is 0.793. The highest BCUT2D eigenvalue weighted by Crippen LogP contribution is 2.31. The van der Waals surface area contributed by atoms with Crippen LogP contribution in [0.15, 0.2) is 42.6 Å². The van der Waals surface area contributed by atoms with E-state index in [2.05, 4.69) is 20.9 Å². The Morgan fingerprint density at radius 3 is 2.64 bits per heavy atom. The summed E-state index contributed by atoms with van der Waals surface area (Å²) in [5.74, 6) is -0.209. The number of pyridine rings is 1. The van der Waals surface area contributed by atoms with Crippen molar-refractivity contribution in [3.05, 3.63) is 54.0 Å². The number of nitrogens with one attached hydrogen (secondary N) is 1. The maximum Gasteiger partial charge on any atom is 0.138 e. The van der Waals surface area contributed by atoms with Gasteiger partial charge < -0.3 is 4.98 Å². The van der Waals surface area contributed by atoms with Crippen molar-refractivity contribution in [3.63, 3.8) is 0 Å². The van der Waals surface area contributed by atoms with Crippen LogP contribution in [0.5, 0.6) is 0 Å². The first-order valence-corrected chi connectivity index (χ1v) is 7.75. The number of aromatic nitrogens is 2. The highest BCUT2D eigenvalue weighted by atomic mass is 19.1. The molecule has 112 valence electrons. The molecule has 22 heavy (non-hydrogen) atoms. The first kappa shape index (κ1) is 13.5. The molecule has 0 spiro atoms. The Morgan fingerprint density at radius 2 is 1.86 bits per heavy atom. The van der Waals surface area contributed by atoms with E-state index in [1.54, 1.807) is 6.20 Å². The number of H-pyrrole nitrogens is 1. The van der Waals surface area contributed by atoms with Crippen LogP contribution < -0.4 is 0 Å². The van der Waals surface area contributed by atoms with Crippen molar-refractivity contribution in [1.82, 2.24) is 14.9 Å². The highest BCUT2D eigenvalue weighted by Gasteiger charge is 2.19. The number of rotatable bonds is 3. The van der Waals surface area contributed by atoms with E-state index in [9.17, 15) is 4.39 Å². The van der Waals surface area contributed by atoms with Crippen molar-refractivity contribution in [2.75, 3.05) is 13.1 Å². The smallest absolute Gasteiger partial charge is 0.138 e. The Bertz CT molecular complexity index is 786. The molecule has 1 aromatic carbocycles. The Kier molecular flexibility index (Phi) is 3.39. The fourth-order valence-corrected chi connectivity index (χ4v) is 3.27. The summed E-state index contributed by atoms with van der Waals surface area (Å²) < 4.78 is 13.2. The van der Waals surface area contributed by atoms with Gasteiger partial charge in [0.1, 0.15) is 11.5 Å². The molecule has 4 heteroatoms. The van der Waals surface area contributed by atoms with Gasteiger partial charge in [-0.2, -0.15) is 0 Å². The molecule has 0 unspecified atom stereocenters. The summed E-state index contributed by atoms with van der Waals surface area (Å²) in [6.07, 6.45) is 4.34. The van der Waals surface area contributed by atoms with Crippen LogP contribution in [0, 0.1) is 5.82 Å². The summed E-state index contributed by atoms with van der Waals surface area (Å²) in [4.78, 5) is 10.3. The van der Waals surface area contributed by atoms with Gasteiger partial charge in [0.2, 0.25) is 0 Å². The lowest BCUT2D eigenvalue weighted by Gasteiger charge is -2.15. The number of fused-ring (bicyclic) bond motifs is 1. The van der Waals surface area contributed by atoms with Crippen molar-refractivity contribution in [2.24, 2.45) is 0 Å². The van der Waals surface area contributed by atoms with Gasteiger partial charge in [-0.15, -0.1) is 0 Å². The normalized spacial score (nSPS) is 15.7. The number of benzene rings is 1. The van der Waals surface area contributed by atoms with Crippen LogP contribution >= 0.6 is 0 Å². The van der Waals surface area contributed by atoms with Crippen LogP contribution in [0.4, 0.5) is 4.39 Å². The highest BCUT2D eigenvalue weighted by molar-refractivity contribution is 5.88. The summed E-state index contributed by atoms with van der Waals surface area (Å²) in [7, 11) is 0. The summed E-state index contributed by atoms with van der Waals surface area (Å²) in [5.41, 5.74) is 4.22. The summed E-state index contributed by atoms with van der Waals surface area (Å²) in [5, 5.41) is 1.16. The first-order chi connectivity index (χ1) is 10.8. The van der Waals surface area contributed by atoms with Gasteiger partial charge in [-0.3, -0.25) is 4.90 Å². The third kappa shape index (κ3) is 2.40. The molecule has 0 atom stereocenters. The summed E-state index contributed by atoms with van der Waals surface area (Å²) in [6, 6.07) is 10.7. The number of likely N-dealkylation sites (tertiary alicyclic amines) is 1. The Balaban J connectivity index is 1.83. The topological polar surface area (TPSA) is 31.9 Å². The predicted octanol–water partition coefficient (Wildman–Crippen LogP) is 3.96. The van der Waals surface area contributed by atoms with Crippen LogP contribution in [0.1, 0.15) is 18.4 Å². The van der Waals surface area contributed by atoms with Gasteiger partial charge in [-0.1, -0.05) is 0 Å². The Morgan fingerprint density at radius 1 is 1.09 bits per heavy atom. The van der Waals surface area contributed by atoms with E-state index in [-0.39, 0.29) is 5.82 Å². The fraction of sp³-hybridized carbons (Fsp3) is 0.278. The lowest BCUT2D eigenvalue weighted by molar-refractivity contribution is 0.333. The average Bonchev–Trinajstić information content (AvgIpc) is 3.17. The third-order valence-electron chi connectivity index (χ3n) is 4.39. The second kappa shape index (κ2) is 5.54. The molecule has 0 aliphatic carbocycles. The van der Waals surface area contributed by atoms with Crippen molar-refractivity contribution in [1.29, 1.82) is 0 Å². The standard InChI is InChI=1S/C18H18FN3/c19-14-7-5-13(6-8-14)17-16(12-22-10-1-2-11-22)15-4-3-9-20-18(15)21-17/h3-9H,1-2,10-12H2,(H,20,21). The van der Waals surface area contributed by atoms with Gasteiger partial charge in [-0.05, 0) is 67.9 Å². The molecule has 1 aliphatic rings. The molecule has 1 fully saturated rings. The van der Waals surface area contributed by atoms with E-state index in [0.29, 0.717) is 0 Å². The average molecular weight is 295 g/mol. The predicted molar refractivity (Wildman–Crippen MR) is 86.0 cm³/mol. The van der Waals surface area contributed by atoms with E-state index < -0.39 is 0 Å². The summed E-state index contributed by atoms with van der Waals surface area (Å²) in [6.45, 7) is 3.21. The lowest BCUT2D eigenvalue weighted by atomic mass is 10.1. The number of halogens is 1. The van der Waals surface area contributed by atoms with Gasteiger partial charge >= 0.3 is 0 Å². The minimum Gasteiger partial charge on any atom is -0.339 e. The number of hydrogen-bond donors (Lipinski definition) is 1. The second-order valence-corrected chi connectivity index (χ2v) is 5.87. The third-order valence-corrected chi connectivity index (χ3v) is 4.39. The van der Waals surface area contributed by atoms with Gasteiger partial charge in [0.05, 0.1) is 5.69 Å². The SMILES string of the molecule is Fc1ccc(-c2[nH]c3ncccc3c2CN2CCCC2)cc1. The molecule has 4 rings (SSSR count). The monoisotopic (exact) mass is 295 g/mol. The Labute approximate surface area is 128 Å². The molecular weight excluding hydrogens is 277 g/mol. The maximum atomic E-state index is 13.2. The van der Waals surface area contributed by atoms with Crippen molar-refractivity contribution in [2.45, 2.75) is 19.4 Å². The molecule has 0 radical (unpaired) electrons. The second-order valence-electron chi connectivity index (χ2n) is 5.87. The molecular formula is C18H18FN3. The van der Waals surface area contributed by atoms with Gasteiger partial charge in [0, 0.05) is 23.7 Å². The molecule has 3 heterocycles. The molecule has 1 saturated heterocycles. The van der Waals surface area contributed by atoms with E-state index in [0.717, 1.165) is 41.9 Å². The van der Waals surface area contributed by atoms with Crippen LogP contribution in [0.3, 0.4) is 0 Å². The molecule has 2 aromatic heterocycles. The number of aromatic amines is 1. The largest absolute Gasteiger partial charge is 0.339 e. The molecule has 0 saturated carbocycles. The first-order valence-electron chi connectivity index (χ1n) is 7.75. The van der Waals surface area contributed by atoms with Crippen molar-refractivity contribution in [3.8, 4) is 11.3 Å². The zero-order valence-corrected chi connectivity index (χ0v) is 12.3. The molecule has 0 bridgehead atoms. The van der Waals surface area contributed by atoms with E-state index >= 15 is 0 Å². The molecule has 0 amide bonds. The van der Waals surface area contributed by atoms with E-state index in [1.165, 1.54) is 30.5 Å². The fourth-order valence-electron chi connectivity index (χ4n) is 3.27. The van der Waals surface area contributed by atoms with Crippen LogP contribution in [0.25, 0.3) is 22.3 Å². The minimum atomic E-state index is -0.209. The van der Waals surface area contributed by atoms with Crippen molar-refractivity contribution >= 4 is 11.0 Å². The van der Waals surface area contributed by atoms with E-state index in [1.807, 2.05) is 18.2 Å². The van der Waals surface area contributed by atoms with Crippen LogP contribution in [-0.4, -0.2) is 28.0 Å². The molecule has 3 aromatic rings. The van der Waals surface area contributed by atoms with Crippen LogP contribution in [0.2, 0.25) is 0 Å². The zero-order valence-electron chi connectivity index (χ0n) is 12.3. The molecule has 1 N–H and O–H groups in total. The zero-order chi connectivity index (χ0) is 14.9. The van der Waals surface area contributed by atoms with Gasteiger partial charge in [0.15, 0.2) is 0 Å². The van der Waals surface area contributed by atoms with Gasteiger partial charge in [-0.25, -0.2) is 9.37 Å². The Hall–Kier alpha value is -2.20. The van der Waals surface area contributed by atoms with E-state index in [4.69, 9.17) is 0 Å². The molecule has 1 aliphatic heterocycles. The van der Waals surface area contributed by atoms with Gasteiger partial charge in [0.25, 0.3) is 0 Å². The van der Waals surface area contributed by atoms with Crippen LogP contribution in [-0.2, 0) is 6.54 Å². The number of nitrogens with zero attached hydrogens (tertiary/aromatic N) is 2. The lowest BCUT2D eigenvalue weighted by Crippen LogP contribution is -2.18. The minimum absolute atomic E-state index is 0.209.